The first-order valence-electron chi connectivity index (χ1n) is 5.49. The molecule has 0 aromatic heterocycles. The van der Waals surface area contributed by atoms with Crippen LogP contribution in [0.15, 0.2) is 24.3 Å². The van der Waals surface area contributed by atoms with Crippen molar-refractivity contribution in [1.29, 1.82) is 5.26 Å². The topological polar surface area (TPSA) is 33.0 Å². The molecule has 2 nitrogen and oxygen atoms in total. The Morgan fingerprint density at radius 1 is 1.50 bits per heavy atom. The molecule has 0 saturated carbocycles. The molecule has 0 heterocycles. The fraction of sp³-hybridized carbons (Fsp3) is 0.462. The van der Waals surface area contributed by atoms with Crippen LogP contribution in [0.3, 0.4) is 0 Å². The third-order valence-corrected chi connectivity index (χ3v) is 3.28. The Balaban J connectivity index is 2.50. The number of alkyl halides is 1. The summed E-state index contributed by atoms with van der Waals surface area (Å²) in [5.74, 6) is 1.32. The lowest BCUT2D eigenvalue weighted by Crippen LogP contribution is -2.13. The van der Waals surface area contributed by atoms with Gasteiger partial charge >= 0.3 is 0 Å². The van der Waals surface area contributed by atoms with Crippen LogP contribution in [0.2, 0.25) is 0 Å². The van der Waals surface area contributed by atoms with Crippen molar-refractivity contribution >= 4 is 15.9 Å². The lowest BCUT2D eigenvalue weighted by Gasteiger charge is -2.14. The highest BCUT2D eigenvalue weighted by Gasteiger charge is 2.07. The maximum absolute atomic E-state index is 8.76. The molecule has 3 heteroatoms. The normalized spacial score (nSPS) is 11.8. The van der Waals surface area contributed by atoms with Gasteiger partial charge in [0.25, 0.3) is 0 Å². The van der Waals surface area contributed by atoms with E-state index in [1.165, 1.54) is 0 Å². The van der Waals surface area contributed by atoms with Crippen LogP contribution in [0.25, 0.3) is 0 Å². The van der Waals surface area contributed by atoms with Crippen LogP contribution < -0.4 is 4.74 Å². The van der Waals surface area contributed by atoms with E-state index in [0.717, 1.165) is 23.9 Å². The van der Waals surface area contributed by atoms with Gasteiger partial charge in [-0.3, -0.25) is 0 Å². The third kappa shape index (κ3) is 4.24. The van der Waals surface area contributed by atoms with Crippen LogP contribution in [0.4, 0.5) is 0 Å². The van der Waals surface area contributed by atoms with Gasteiger partial charge in [0.1, 0.15) is 5.75 Å². The van der Waals surface area contributed by atoms with Crippen LogP contribution in [-0.4, -0.2) is 11.9 Å². The van der Waals surface area contributed by atoms with E-state index in [0.29, 0.717) is 18.1 Å². The van der Waals surface area contributed by atoms with Gasteiger partial charge in [-0.1, -0.05) is 35.3 Å². The molecule has 0 spiro atoms. The zero-order valence-electron chi connectivity index (χ0n) is 9.45. The smallest absolute Gasteiger partial charge is 0.120 e. The first kappa shape index (κ1) is 13.1. The molecule has 1 aromatic carbocycles. The maximum Gasteiger partial charge on any atom is 0.120 e. The van der Waals surface area contributed by atoms with E-state index < -0.39 is 0 Å². The summed E-state index contributed by atoms with van der Waals surface area (Å²) < 4.78 is 5.67. The van der Waals surface area contributed by atoms with Crippen molar-refractivity contribution in [3.63, 3.8) is 0 Å². The minimum atomic E-state index is 0.538. The largest absolute Gasteiger partial charge is 0.493 e. The lowest BCUT2D eigenvalue weighted by molar-refractivity contribution is 0.255. The molecule has 0 aliphatic rings. The van der Waals surface area contributed by atoms with Gasteiger partial charge in [0, 0.05) is 11.2 Å². The van der Waals surface area contributed by atoms with E-state index in [9.17, 15) is 0 Å². The summed E-state index contributed by atoms with van der Waals surface area (Å²) in [7, 11) is 0. The van der Waals surface area contributed by atoms with Crippen molar-refractivity contribution in [2.24, 2.45) is 5.92 Å². The molecular weight excluding hydrogens is 266 g/mol. The van der Waals surface area contributed by atoms with Crippen molar-refractivity contribution in [2.75, 3.05) is 11.9 Å². The summed E-state index contributed by atoms with van der Waals surface area (Å²) in [4.78, 5) is 0. The van der Waals surface area contributed by atoms with Crippen molar-refractivity contribution in [2.45, 2.75) is 19.8 Å². The van der Waals surface area contributed by atoms with Crippen LogP contribution >= 0.6 is 15.9 Å². The van der Waals surface area contributed by atoms with Gasteiger partial charge in [0.2, 0.25) is 0 Å². The minimum Gasteiger partial charge on any atom is -0.493 e. The summed E-state index contributed by atoms with van der Waals surface area (Å²) in [6, 6.07) is 9.39. The van der Waals surface area contributed by atoms with E-state index in [-0.39, 0.29) is 0 Å². The third-order valence-electron chi connectivity index (χ3n) is 2.36. The van der Waals surface area contributed by atoms with E-state index >= 15 is 0 Å². The molecule has 16 heavy (non-hydrogen) atoms. The second-order valence-electron chi connectivity index (χ2n) is 3.76. The monoisotopic (exact) mass is 281 g/mol. The Kier molecular flexibility index (Phi) is 5.95. The average molecular weight is 282 g/mol. The number of rotatable bonds is 6. The number of halogens is 1. The summed E-state index contributed by atoms with van der Waals surface area (Å²) in [5, 5.41) is 9.71. The predicted octanol–water partition coefficient (Wildman–Crippen LogP) is 3.75. The van der Waals surface area contributed by atoms with Gasteiger partial charge in [-0.25, -0.2) is 0 Å². The molecule has 0 saturated heterocycles. The Labute approximate surface area is 105 Å². The first-order valence-corrected chi connectivity index (χ1v) is 6.61. The van der Waals surface area contributed by atoms with Crippen molar-refractivity contribution in [3.05, 3.63) is 29.8 Å². The Bertz CT molecular complexity index is 359. The minimum absolute atomic E-state index is 0.538. The zero-order chi connectivity index (χ0) is 11.8. The van der Waals surface area contributed by atoms with Gasteiger partial charge in [0.05, 0.1) is 18.2 Å². The molecular formula is C13H16BrNO. The maximum atomic E-state index is 8.76. The van der Waals surface area contributed by atoms with Gasteiger partial charge in [0.15, 0.2) is 0 Å². The van der Waals surface area contributed by atoms with Gasteiger partial charge in [-0.05, 0) is 24.6 Å². The summed E-state index contributed by atoms with van der Waals surface area (Å²) in [5.41, 5.74) is 0.642. The molecule has 0 bridgehead atoms. The molecule has 0 N–H and O–H groups in total. The highest BCUT2D eigenvalue weighted by Crippen LogP contribution is 2.16. The number of nitrogens with zero attached hydrogens (tertiary/aromatic N) is 1. The number of benzene rings is 1. The quantitative estimate of drug-likeness (QED) is 0.744. The molecule has 0 fully saturated rings. The molecule has 0 radical (unpaired) electrons. The SMILES string of the molecule is CCCC(CBr)COc1cccc(C#N)c1. The van der Waals surface area contributed by atoms with Crippen LogP contribution in [-0.2, 0) is 0 Å². The van der Waals surface area contributed by atoms with Crippen LogP contribution in [0, 0.1) is 17.2 Å². The molecule has 0 aliphatic heterocycles. The van der Waals surface area contributed by atoms with Gasteiger partial charge in [-0.2, -0.15) is 5.26 Å². The molecule has 0 amide bonds. The lowest BCUT2D eigenvalue weighted by atomic mass is 10.1. The van der Waals surface area contributed by atoms with E-state index in [1.54, 1.807) is 12.1 Å². The Morgan fingerprint density at radius 2 is 2.31 bits per heavy atom. The molecule has 1 unspecified atom stereocenters. The molecule has 1 atom stereocenters. The Morgan fingerprint density at radius 3 is 2.94 bits per heavy atom. The highest BCUT2D eigenvalue weighted by atomic mass is 79.9. The summed E-state index contributed by atoms with van der Waals surface area (Å²) in [6.45, 7) is 2.87. The molecule has 1 rings (SSSR count). The number of hydrogen-bond acceptors (Lipinski definition) is 2. The summed E-state index contributed by atoms with van der Waals surface area (Å²) >= 11 is 3.49. The molecule has 0 aliphatic carbocycles. The fourth-order valence-electron chi connectivity index (χ4n) is 1.48. The highest BCUT2D eigenvalue weighted by molar-refractivity contribution is 9.09. The average Bonchev–Trinajstić information content (AvgIpc) is 2.34. The molecule has 86 valence electrons. The number of ether oxygens (including phenoxy) is 1. The van der Waals surface area contributed by atoms with E-state index in [2.05, 4.69) is 28.9 Å². The fourth-order valence-corrected chi connectivity index (χ4v) is 1.99. The van der Waals surface area contributed by atoms with Crippen molar-refractivity contribution in [3.8, 4) is 11.8 Å². The van der Waals surface area contributed by atoms with Crippen molar-refractivity contribution < 1.29 is 4.74 Å². The first-order chi connectivity index (χ1) is 7.80. The number of hydrogen-bond donors (Lipinski definition) is 0. The standard InChI is InChI=1S/C13H16BrNO/c1-2-4-12(8-14)10-16-13-6-3-5-11(7-13)9-15/h3,5-7,12H,2,4,8,10H2,1H3. The molecule has 1 aromatic rings. The van der Waals surface area contributed by atoms with E-state index in [4.69, 9.17) is 10.00 Å². The predicted molar refractivity (Wildman–Crippen MR) is 68.8 cm³/mol. The van der Waals surface area contributed by atoms with E-state index in [1.807, 2.05) is 12.1 Å². The second kappa shape index (κ2) is 7.29. The Hall–Kier alpha value is -1.01. The number of nitriles is 1. The second-order valence-corrected chi connectivity index (χ2v) is 4.41. The van der Waals surface area contributed by atoms with Gasteiger partial charge < -0.3 is 4.74 Å². The van der Waals surface area contributed by atoms with Crippen molar-refractivity contribution in [1.82, 2.24) is 0 Å². The van der Waals surface area contributed by atoms with Crippen LogP contribution in [0.1, 0.15) is 25.3 Å². The zero-order valence-corrected chi connectivity index (χ0v) is 11.0. The van der Waals surface area contributed by atoms with Gasteiger partial charge in [-0.15, -0.1) is 0 Å². The summed E-state index contributed by atoms with van der Waals surface area (Å²) in [6.07, 6.45) is 2.32. The van der Waals surface area contributed by atoms with Crippen LogP contribution in [0.5, 0.6) is 5.75 Å².